The Labute approximate surface area is 113 Å². The first-order valence-electron chi connectivity index (χ1n) is 6.44. The number of methoxy groups -OCH3 is 1. The lowest BCUT2D eigenvalue weighted by molar-refractivity contribution is -0.142. The van der Waals surface area contributed by atoms with E-state index in [1.54, 1.807) is 0 Å². The van der Waals surface area contributed by atoms with Crippen molar-refractivity contribution in [3.63, 3.8) is 0 Å². The van der Waals surface area contributed by atoms with Gasteiger partial charge in [-0.2, -0.15) is 0 Å². The van der Waals surface area contributed by atoms with E-state index in [0.717, 1.165) is 12.0 Å². The molecule has 4 heteroatoms. The van der Waals surface area contributed by atoms with Crippen LogP contribution in [0.1, 0.15) is 30.9 Å². The largest absolute Gasteiger partial charge is 0.469 e. The van der Waals surface area contributed by atoms with E-state index in [-0.39, 0.29) is 17.9 Å². The molecular weight excluding hydrogens is 242 g/mol. The molecule has 2 unspecified atom stereocenters. The van der Waals surface area contributed by atoms with Crippen LogP contribution in [0.2, 0.25) is 0 Å². The predicted octanol–water partition coefficient (Wildman–Crippen LogP) is 1.84. The lowest BCUT2D eigenvalue weighted by Crippen LogP contribution is -2.15. The number of hydrogen-bond acceptors (Lipinski definition) is 4. The summed E-state index contributed by atoms with van der Waals surface area (Å²) < 4.78 is 4.52. The number of aryl methyl sites for hydroxylation is 1. The maximum Gasteiger partial charge on any atom is 0.308 e. The third-order valence-corrected chi connectivity index (χ3v) is 3.45. The minimum absolute atomic E-state index is 0.0560. The highest BCUT2D eigenvalue weighted by Gasteiger charge is 2.32. The van der Waals surface area contributed by atoms with Crippen molar-refractivity contribution in [1.82, 2.24) is 0 Å². The smallest absolute Gasteiger partial charge is 0.308 e. The highest BCUT2D eigenvalue weighted by atomic mass is 16.5. The number of esters is 1. The molecule has 4 nitrogen and oxygen atoms in total. The van der Waals surface area contributed by atoms with Gasteiger partial charge in [0.2, 0.25) is 0 Å². The summed E-state index contributed by atoms with van der Waals surface area (Å²) >= 11 is 0. The van der Waals surface area contributed by atoms with Crippen LogP contribution in [-0.4, -0.2) is 30.5 Å². The molecule has 1 heterocycles. The molecule has 1 aliphatic heterocycles. The number of aliphatic imine (C=N–C) groups is 1. The number of ether oxygens (including phenoxy) is 1. The van der Waals surface area contributed by atoms with Crippen molar-refractivity contribution in [3.8, 4) is 0 Å². The lowest BCUT2D eigenvalue weighted by Gasteiger charge is -2.11. The molecule has 19 heavy (non-hydrogen) atoms. The fourth-order valence-electron chi connectivity index (χ4n) is 1.97. The standard InChI is InChI=1S/C15H19NO3/c1-15(10-16-15)12-6-3-11(4-7-12)5-8-13(17)9-14(18)19-2/h3-4,6-7,10,13,17H,5,8-9H2,1-2H3. The van der Waals surface area contributed by atoms with E-state index in [2.05, 4.69) is 28.8 Å². The topological polar surface area (TPSA) is 58.9 Å². The fraction of sp³-hybridized carbons (Fsp3) is 0.467. The van der Waals surface area contributed by atoms with E-state index in [0.29, 0.717) is 6.42 Å². The zero-order valence-electron chi connectivity index (χ0n) is 11.3. The van der Waals surface area contributed by atoms with Crippen molar-refractivity contribution in [2.45, 2.75) is 37.8 Å². The molecule has 102 valence electrons. The van der Waals surface area contributed by atoms with Gasteiger partial charge in [-0.25, -0.2) is 0 Å². The number of carbonyl (C=O) groups excluding carboxylic acids is 1. The van der Waals surface area contributed by atoms with Crippen LogP contribution in [0, 0.1) is 0 Å². The molecule has 0 spiro atoms. The second-order valence-electron chi connectivity index (χ2n) is 5.08. The van der Waals surface area contributed by atoms with E-state index in [1.807, 2.05) is 18.3 Å². The van der Waals surface area contributed by atoms with Crippen LogP contribution in [0.4, 0.5) is 0 Å². The first-order chi connectivity index (χ1) is 9.03. The van der Waals surface area contributed by atoms with Crippen LogP contribution in [0.15, 0.2) is 29.3 Å². The minimum Gasteiger partial charge on any atom is -0.469 e. The Kier molecular flexibility index (Phi) is 4.00. The van der Waals surface area contributed by atoms with Gasteiger partial charge in [0.15, 0.2) is 0 Å². The van der Waals surface area contributed by atoms with Crippen molar-refractivity contribution in [2.75, 3.05) is 7.11 Å². The van der Waals surface area contributed by atoms with E-state index < -0.39 is 6.10 Å². The number of aliphatic hydroxyl groups excluding tert-OH is 1. The predicted molar refractivity (Wildman–Crippen MR) is 73.2 cm³/mol. The SMILES string of the molecule is COC(=O)CC(O)CCc1ccc(C2(C)C=N2)cc1. The molecule has 1 aliphatic rings. The van der Waals surface area contributed by atoms with Gasteiger partial charge in [0.1, 0.15) is 5.54 Å². The Morgan fingerprint density at radius 3 is 2.58 bits per heavy atom. The molecule has 0 radical (unpaired) electrons. The average Bonchev–Trinajstić information content (AvgIpc) is 3.16. The van der Waals surface area contributed by atoms with Gasteiger partial charge in [0.25, 0.3) is 0 Å². The van der Waals surface area contributed by atoms with Crippen LogP contribution in [0.3, 0.4) is 0 Å². The molecule has 0 fully saturated rings. The van der Waals surface area contributed by atoms with Gasteiger partial charge in [-0.3, -0.25) is 9.79 Å². The van der Waals surface area contributed by atoms with Gasteiger partial charge in [-0.05, 0) is 30.9 Å². The van der Waals surface area contributed by atoms with E-state index >= 15 is 0 Å². The normalized spacial score (nSPS) is 22.1. The van der Waals surface area contributed by atoms with E-state index in [4.69, 9.17) is 0 Å². The lowest BCUT2D eigenvalue weighted by atomic mass is 9.97. The third kappa shape index (κ3) is 3.64. The Morgan fingerprint density at radius 1 is 1.42 bits per heavy atom. The van der Waals surface area contributed by atoms with Crippen molar-refractivity contribution >= 4 is 12.2 Å². The Morgan fingerprint density at radius 2 is 2.05 bits per heavy atom. The van der Waals surface area contributed by atoms with Crippen molar-refractivity contribution in [1.29, 1.82) is 0 Å². The van der Waals surface area contributed by atoms with Gasteiger partial charge in [0.05, 0.1) is 19.6 Å². The van der Waals surface area contributed by atoms with Crippen LogP contribution < -0.4 is 0 Å². The van der Waals surface area contributed by atoms with Gasteiger partial charge >= 0.3 is 5.97 Å². The van der Waals surface area contributed by atoms with Gasteiger partial charge < -0.3 is 9.84 Å². The van der Waals surface area contributed by atoms with E-state index in [9.17, 15) is 9.90 Å². The minimum atomic E-state index is -0.642. The number of hydrogen-bond donors (Lipinski definition) is 1. The van der Waals surface area contributed by atoms with Crippen molar-refractivity contribution in [3.05, 3.63) is 35.4 Å². The summed E-state index contributed by atoms with van der Waals surface area (Å²) in [4.78, 5) is 15.2. The molecule has 0 bridgehead atoms. The summed E-state index contributed by atoms with van der Waals surface area (Å²) in [5.41, 5.74) is 2.24. The second-order valence-corrected chi connectivity index (χ2v) is 5.08. The molecule has 0 amide bonds. The Balaban J connectivity index is 1.81. The third-order valence-electron chi connectivity index (χ3n) is 3.45. The molecule has 1 aromatic carbocycles. The Bertz CT molecular complexity index is 473. The molecule has 1 aromatic rings. The highest BCUT2D eigenvalue weighted by Crippen LogP contribution is 2.32. The quantitative estimate of drug-likeness (QED) is 0.795. The molecule has 2 rings (SSSR count). The van der Waals surface area contributed by atoms with Gasteiger partial charge in [-0.1, -0.05) is 24.3 Å². The number of carbonyl (C=O) groups is 1. The average molecular weight is 261 g/mol. The second kappa shape index (κ2) is 5.53. The molecule has 1 N–H and O–H groups in total. The highest BCUT2D eigenvalue weighted by molar-refractivity contribution is 5.85. The fourth-order valence-corrected chi connectivity index (χ4v) is 1.97. The van der Waals surface area contributed by atoms with Crippen LogP contribution in [0.25, 0.3) is 0 Å². The zero-order chi connectivity index (χ0) is 13.9. The van der Waals surface area contributed by atoms with Crippen molar-refractivity contribution in [2.24, 2.45) is 4.99 Å². The number of nitrogens with zero attached hydrogens (tertiary/aromatic N) is 1. The molecule has 0 saturated heterocycles. The first kappa shape index (κ1) is 13.7. The monoisotopic (exact) mass is 261 g/mol. The number of rotatable bonds is 6. The van der Waals surface area contributed by atoms with Gasteiger partial charge in [-0.15, -0.1) is 0 Å². The summed E-state index contributed by atoms with van der Waals surface area (Å²) in [7, 11) is 1.33. The van der Waals surface area contributed by atoms with Gasteiger partial charge in [0, 0.05) is 6.21 Å². The molecule has 0 aliphatic carbocycles. The summed E-state index contributed by atoms with van der Waals surface area (Å²) in [6, 6.07) is 8.23. The number of benzene rings is 1. The van der Waals surface area contributed by atoms with E-state index in [1.165, 1.54) is 12.7 Å². The maximum atomic E-state index is 11.0. The Hall–Kier alpha value is -1.68. The molecule has 2 atom stereocenters. The summed E-state index contributed by atoms with van der Waals surface area (Å²) in [6.07, 6.45) is 2.65. The van der Waals surface area contributed by atoms with Crippen molar-refractivity contribution < 1.29 is 14.6 Å². The summed E-state index contributed by atoms with van der Waals surface area (Å²) in [6.45, 7) is 2.07. The van der Waals surface area contributed by atoms with Crippen LogP contribution in [0.5, 0.6) is 0 Å². The van der Waals surface area contributed by atoms with Crippen LogP contribution >= 0.6 is 0 Å². The molecular formula is C15H19NO3. The summed E-state index contributed by atoms with van der Waals surface area (Å²) in [5, 5.41) is 9.69. The zero-order valence-corrected chi connectivity index (χ0v) is 11.3. The molecule has 0 saturated carbocycles. The summed E-state index contributed by atoms with van der Waals surface area (Å²) in [5.74, 6) is -0.373. The molecule has 0 aromatic heterocycles. The van der Waals surface area contributed by atoms with Crippen LogP contribution in [-0.2, 0) is 21.5 Å². The maximum absolute atomic E-state index is 11.0. The number of aliphatic hydroxyl groups is 1. The first-order valence-corrected chi connectivity index (χ1v) is 6.44.